The minimum absolute atomic E-state index is 0.124. The first-order valence-corrected chi connectivity index (χ1v) is 5.53. The minimum atomic E-state index is -0.124. The Hall–Kier alpha value is -0.320. The molecule has 0 spiro atoms. The maximum absolute atomic E-state index is 10.7. The third kappa shape index (κ3) is 9.60. The molecule has 0 N–H and O–H groups in total. The molecule has 0 saturated carbocycles. The average molecular weight is 294 g/mol. The van der Waals surface area contributed by atoms with Crippen LogP contribution in [0.15, 0.2) is 22.3 Å². The van der Waals surface area contributed by atoms with Crippen molar-refractivity contribution in [2.45, 2.75) is 25.7 Å². The predicted octanol–water partition coefficient (Wildman–Crippen LogP) is 3.22. The number of esters is 1. The number of hydrogen-bond acceptors (Lipinski definition) is 2. The summed E-state index contributed by atoms with van der Waals surface area (Å²) in [5.41, 5.74) is 0. The van der Waals surface area contributed by atoms with E-state index in [9.17, 15) is 4.79 Å². The molecule has 0 fully saturated rings. The fourth-order valence-electron chi connectivity index (χ4n) is 0.810. The average Bonchev–Trinajstić information content (AvgIpc) is 2.16. The number of hydrogen-bond donors (Lipinski definition) is 0. The lowest BCUT2D eigenvalue weighted by Crippen LogP contribution is -1.98. The second kappa shape index (κ2) is 9.77. The summed E-state index contributed by atoms with van der Waals surface area (Å²) in [5, 5.41) is 0. The van der Waals surface area contributed by atoms with Gasteiger partial charge in [0.2, 0.25) is 0 Å². The Bertz CT molecular complexity index is 185. The van der Waals surface area contributed by atoms with Gasteiger partial charge in [-0.15, -0.1) is 0 Å². The molecule has 0 aliphatic heterocycles. The van der Waals surface area contributed by atoms with Crippen LogP contribution in [-0.4, -0.2) is 13.1 Å². The molecule has 0 radical (unpaired) electrons. The highest BCUT2D eigenvalue weighted by Crippen LogP contribution is 1.99. The molecule has 0 bridgehead atoms. The lowest BCUT2D eigenvalue weighted by Gasteiger charge is -1.95. The summed E-state index contributed by atoms with van der Waals surface area (Å²) < 4.78 is 6.52. The van der Waals surface area contributed by atoms with Crippen LogP contribution in [0.3, 0.4) is 0 Å². The van der Waals surface area contributed by atoms with Crippen molar-refractivity contribution >= 4 is 28.6 Å². The molecule has 0 heterocycles. The highest BCUT2D eigenvalue weighted by molar-refractivity contribution is 14.1. The first kappa shape index (κ1) is 12.7. The Morgan fingerprint density at radius 1 is 1.38 bits per heavy atom. The standard InChI is InChI=1S/C10H15IO2/c1-13-10(12)8-6-4-2-3-5-7-9-11/h2-3,7,9H,4-6,8H2,1H3/b3-2-,9-7-. The molecule has 2 nitrogen and oxygen atoms in total. The van der Waals surface area contributed by atoms with Gasteiger partial charge in [0, 0.05) is 6.42 Å². The predicted molar refractivity (Wildman–Crippen MR) is 62.8 cm³/mol. The maximum atomic E-state index is 10.7. The van der Waals surface area contributed by atoms with Crippen LogP contribution in [0.5, 0.6) is 0 Å². The lowest BCUT2D eigenvalue weighted by molar-refractivity contribution is -0.140. The number of methoxy groups -OCH3 is 1. The highest BCUT2D eigenvalue weighted by Gasteiger charge is 1.96. The SMILES string of the molecule is COC(=O)CCC/C=C\C/C=C\I. The topological polar surface area (TPSA) is 26.3 Å². The first-order chi connectivity index (χ1) is 6.31. The molecule has 0 aromatic heterocycles. The van der Waals surface area contributed by atoms with Crippen molar-refractivity contribution in [1.29, 1.82) is 0 Å². The molecule has 0 aromatic rings. The van der Waals surface area contributed by atoms with Crippen LogP contribution in [0.1, 0.15) is 25.7 Å². The van der Waals surface area contributed by atoms with E-state index in [4.69, 9.17) is 0 Å². The molecular formula is C10H15IO2. The van der Waals surface area contributed by atoms with E-state index in [1.54, 1.807) is 0 Å². The molecule has 0 rings (SSSR count). The largest absolute Gasteiger partial charge is 0.469 e. The van der Waals surface area contributed by atoms with Gasteiger partial charge in [-0.1, -0.05) is 40.8 Å². The van der Waals surface area contributed by atoms with Gasteiger partial charge >= 0.3 is 5.97 Å². The van der Waals surface area contributed by atoms with E-state index in [2.05, 4.69) is 45.6 Å². The number of rotatable bonds is 6. The second-order valence-corrected chi connectivity index (χ2v) is 3.26. The molecule has 0 unspecified atom stereocenters. The number of carbonyl (C=O) groups is 1. The Morgan fingerprint density at radius 2 is 2.15 bits per heavy atom. The zero-order valence-corrected chi connectivity index (χ0v) is 9.99. The van der Waals surface area contributed by atoms with Gasteiger partial charge in [-0.25, -0.2) is 0 Å². The van der Waals surface area contributed by atoms with E-state index in [-0.39, 0.29) is 5.97 Å². The monoisotopic (exact) mass is 294 g/mol. The number of allylic oxidation sites excluding steroid dienone is 3. The molecule has 13 heavy (non-hydrogen) atoms. The Balaban J connectivity index is 3.24. The van der Waals surface area contributed by atoms with Gasteiger partial charge in [-0.2, -0.15) is 0 Å². The molecule has 0 aromatic carbocycles. The van der Waals surface area contributed by atoms with Crippen LogP contribution in [0.25, 0.3) is 0 Å². The van der Waals surface area contributed by atoms with E-state index < -0.39 is 0 Å². The molecule has 0 saturated heterocycles. The highest BCUT2D eigenvalue weighted by atomic mass is 127. The minimum Gasteiger partial charge on any atom is -0.469 e. The number of halogens is 1. The molecule has 0 aliphatic rings. The number of ether oxygens (including phenoxy) is 1. The molecule has 0 aliphatic carbocycles. The molecule has 74 valence electrons. The third-order valence-electron chi connectivity index (χ3n) is 1.51. The van der Waals surface area contributed by atoms with Crippen molar-refractivity contribution in [2.24, 2.45) is 0 Å². The molecule has 0 amide bonds. The molecule has 3 heteroatoms. The van der Waals surface area contributed by atoms with Crippen molar-refractivity contribution < 1.29 is 9.53 Å². The first-order valence-electron chi connectivity index (χ1n) is 4.28. The number of unbranched alkanes of at least 4 members (excludes halogenated alkanes) is 1. The summed E-state index contributed by atoms with van der Waals surface area (Å²) in [5.74, 6) is -0.124. The zero-order chi connectivity index (χ0) is 9.94. The fraction of sp³-hybridized carbons (Fsp3) is 0.500. The summed E-state index contributed by atoms with van der Waals surface area (Å²) in [7, 11) is 1.42. The van der Waals surface area contributed by atoms with Gasteiger partial charge in [0.25, 0.3) is 0 Å². The smallest absolute Gasteiger partial charge is 0.305 e. The zero-order valence-electron chi connectivity index (χ0n) is 7.83. The molecular weight excluding hydrogens is 279 g/mol. The van der Waals surface area contributed by atoms with Gasteiger partial charge in [0.1, 0.15) is 0 Å². The van der Waals surface area contributed by atoms with E-state index in [0.29, 0.717) is 6.42 Å². The van der Waals surface area contributed by atoms with Gasteiger partial charge in [-0.05, 0) is 23.3 Å². The number of carbonyl (C=O) groups excluding carboxylic acids is 1. The van der Waals surface area contributed by atoms with Crippen LogP contribution in [0.4, 0.5) is 0 Å². The summed E-state index contributed by atoms with van der Waals surface area (Å²) >= 11 is 2.19. The quantitative estimate of drug-likeness (QED) is 0.325. The van der Waals surface area contributed by atoms with E-state index in [1.807, 2.05) is 4.08 Å². The van der Waals surface area contributed by atoms with Crippen LogP contribution in [0.2, 0.25) is 0 Å². The van der Waals surface area contributed by atoms with Crippen LogP contribution in [-0.2, 0) is 9.53 Å². The van der Waals surface area contributed by atoms with E-state index >= 15 is 0 Å². The van der Waals surface area contributed by atoms with Gasteiger partial charge in [0.15, 0.2) is 0 Å². The maximum Gasteiger partial charge on any atom is 0.305 e. The summed E-state index contributed by atoms with van der Waals surface area (Å²) in [4.78, 5) is 10.7. The van der Waals surface area contributed by atoms with Crippen molar-refractivity contribution in [1.82, 2.24) is 0 Å². The van der Waals surface area contributed by atoms with Gasteiger partial charge in [0.05, 0.1) is 7.11 Å². The summed E-state index contributed by atoms with van der Waals surface area (Å²) in [6.45, 7) is 0. The van der Waals surface area contributed by atoms with Crippen LogP contribution in [0, 0.1) is 0 Å². The fourth-order valence-corrected chi connectivity index (χ4v) is 1.10. The van der Waals surface area contributed by atoms with Gasteiger partial charge in [-0.3, -0.25) is 4.79 Å². The van der Waals surface area contributed by atoms with Gasteiger partial charge < -0.3 is 4.74 Å². The Morgan fingerprint density at radius 3 is 2.77 bits per heavy atom. The van der Waals surface area contributed by atoms with E-state index in [1.165, 1.54) is 7.11 Å². The van der Waals surface area contributed by atoms with Crippen molar-refractivity contribution in [3.8, 4) is 0 Å². The second-order valence-electron chi connectivity index (χ2n) is 2.54. The normalized spacial score (nSPS) is 11.2. The lowest BCUT2D eigenvalue weighted by atomic mass is 10.2. The van der Waals surface area contributed by atoms with Crippen molar-refractivity contribution in [3.05, 3.63) is 22.3 Å². The van der Waals surface area contributed by atoms with Crippen LogP contribution < -0.4 is 0 Å². The molecule has 0 atom stereocenters. The Labute approximate surface area is 93.2 Å². The van der Waals surface area contributed by atoms with Crippen LogP contribution >= 0.6 is 22.6 Å². The summed E-state index contributed by atoms with van der Waals surface area (Å²) in [6, 6.07) is 0. The van der Waals surface area contributed by atoms with E-state index in [0.717, 1.165) is 19.3 Å². The third-order valence-corrected chi connectivity index (χ3v) is 2.02. The Kier molecular flexibility index (Phi) is 9.53. The van der Waals surface area contributed by atoms with Crippen molar-refractivity contribution in [3.63, 3.8) is 0 Å². The summed E-state index contributed by atoms with van der Waals surface area (Å²) in [6.07, 6.45) is 9.59. The van der Waals surface area contributed by atoms with Crippen molar-refractivity contribution in [2.75, 3.05) is 7.11 Å².